The van der Waals surface area contributed by atoms with Crippen LogP contribution in [0.1, 0.15) is 43.1 Å². The van der Waals surface area contributed by atoms with Crippen molar-refractivity contribution in [3.63, 3.8) is 0 Å². The Morgan fingerprint density at radius 2 is 2.21 bits per heavy atom. The maximum absolute atomic E-state index is 5.75. The molecule has 0 saturated heterocycles. The van der Waals surface area contributed by atoms with Crippen molar-refractivity contribution in [2.24, 2.45) is 5.73 Å². The zero-order chi connectivity index (χ0) is 9.97. The minimum absolute atomic E-state index is 0.283. The van der Waals surface area contributed by atoms with Gasteiger partial charge in [0.2, 0.25) is 0 Å². The predicted molar refractivity (Wildman–Crippen MR) is 57.2 cm³/mol. The molecule has 1 aliphatic rings. The maximum Gasteiger partial charge on any atom is 0.0657 e. The number of hydrogen-bond donors (Lipinski definition) is 2. The van der Waals surface area contributed by atoms with Crippen molar-refractivity contribution < 1.29 is 0 Å². The highest BCUT2D eigenvalue weighted by molar-refractivity contribution is 5.27. The number of nitrogens with zero attached hydrogens (tertiary/aromatic N) is 1. The van der Waals surface area contributed by atoms with Crippen LogP contribution in [-0.4, -0.2) is 16.2 Å². The summed E-state index contributed by atoms with van der Waals surface area (Å²) in [6.07, 6.45) is 7.08. The Hall–Kier alpha value is -0.830. The smallest absolute Gasteiger partial charge is 0.0657 e. The van der Waals surface area contributed by atoms with Crippen molar-refractivity contribution in [2.45, 2.75) is 51.5 Å². The van der Waals surface area contributed by atoms with Crippen LogP contribution in [0.15, 0.2) is 0 Å². The molecule has 1 aromatic heterocycles. The third kappa shape index (κ3) is 1.98. The average molecular weight is 193 g/mol. The first-order chi connectivity index (χ1) is 6.77. The Balaban J connectivity index is 2.06. The van der Waals surface area contributed by atoms with Crippen molar-refractivity contribution in [1.29, 1.82) is 0 Å². The van der Waals surface area contributed by atoms with E-state index in [-0.39, 0.29) is 6.04 Å². The van der Waals surface area contributed by atoms with Crippen LogP contribution in [0.2, 0.25) is 0 Å². The molecule has 0 radical (unpaired) electrons. The van der Waals surface area contributed by atoms with Gasteiger partial charge in [-0.15, -0.1) is 0 Å². The van der Waals surface area contributed by atoms with E-state index in [2.05, 4.69) is 17.1 Å². The van der Waals surface area contributed by atoms with Gasteiger partial charge in [0.15, 0.2) is 0 Å². The third-order valence-electron chi connectivity index (χ3n) is 2.98. The highest BCUT2D eigenvalue weighted by Crippen LogP contribution is 2.22. The first kappa shape index (κ1) is 9.71. The van der Waals surface area contributed by atoms with Crippen molar-refractivity contribution in [2.75, 3.05) is 0 Å². The molecule has 1 aromatic rings. The number of aromatic amines is 1. The summed E-state index contributed by atoms with van der Waals surface area (Å²) >= 11 is 0. The molecule has 3 heteroatoms. The Bertz CT molecular complexity index is 301. The SMILES string of the molecule is C[C@@H](N)CCc1n[nH]c2c1CCCC2. The second-order valence-electron chi connectivity index (χ2n) is 4.35. The molecular formula is C11H19N3. The molecule has 0 aromatic carbocycles. The van der Waals surface area contributed by atoms with E-state index in [1.807, 2.05) is 0 Å². The van der Waals surface area contributed by atoms with Crippen LogP contribution in [0.5, 0.6) is 0 Å². The van der Waals surface area contributed by atoms with Gasteiger partial charge in [0.25, 0.3) is 0 Å². The fourth-order valence-electron chi connectivity index (χ4n) is 2.12. The van der Waals surface area contributed by atoms with E-state index in [9.17, 15) is 0 Å². The van der Waals surface area contributed by atoms with Crippen molar-refractivity contribution >= 4 is 0 Å². The normalized spacial score (nSPS) is 17.9. The maximum atomic E-state index is 5.75. The minimum Gasteiger partial charge on any atom is -0.328 e. The Labute approximate surface area is 85.1 Å². The fourth-order valence-corrected chi connectivity index (χ4v) is 2.12. The fraction of sp³-hybridized carbons (Fsp3) is 0.727. The number of fused-ring (bicyclic) bond motifs is 1. The van der Waals surface area contributed by atoms with Gasteiger partial charge in [-0.2, -0.15) is 5.10 Å². The van der Waals surface area contributed by atoms with E-state index in [4.69, 9.17) is 5.73 Å². The molecule has 0 spiro atoms. The molecule has 0 saturated carbocycles. The van der Waals surface area contributed by atoms with Gasteiger partial charge in [0.1, 0.15) is 0 Å². The number of nitrogens with one attached hydrogen (secondary N) is 1. The third-order valence-corrected chi connectivity index (χ3v) is 2.98. The second-order valence-corrected chi connectivity index (χ2v) is 4.35. The summed E-state index contributed by atoms with van der Waals surface area (Å²) in [5, 5.41) is 7.55. The molecule has 1 aliphatic carbocycles. The van der Waals surface area contributed by atoms with E-state index in [1.165, 1.54) is 42.6 Å². The van der Waals surface area contributed by atoms with Crippen molar-refractivity contribution in [3.8, 4) is 0 Å². The number of rotatable bonds is 3. The highest BCUT2D eigenvalue weighted by atomic mass is 15.1. The van der Waals surface area contributed by atoms with E-state index in [0.29, 0.717) is 0 Å². The molecule has 1 atom stereocenters. The lowest BCUT2D eigenvalue weighted by Crippen LogP contribution is -2.16. The van der Waals surface area contributed by atoms with Crippen LogP contribution in [0.3, 0.4) is 0 Å². The zero-order valence-corrected chi connectivity index (χ0v) is 8.84. The standard InChI is InChI=1S/C11H19N3/c1-8(12)6-7-11-9-4-2-3-5-10(9)13-14-11/h8H,2-7,12H2,1H3,(H,13,14)/t8-/m1/s1. The van der Waals surface area contributed by atoms with Crippen molar-refractivity contribution in [3.05, 3.63) is 17.0 Å². The summed E-state index contributed by atoms with van der Waals surface area (Å²) in [6.45, 7) is 2.05. The van der Waals surface area contributed by atoms with Crippen LogP contribution in [-0.2, 0) is 19.3 Å². The average Bonchev–Trinajstić information content (AvgIpc) is 2.58. The van der Waals surface area contributed by atoms with Crippen LogP contribution in [0.4, 0.5) is 0 Å². The zero-order valence-electron chi connectivity index (χ0n) is 8.84. The topological polar surface area (TPSA) is 54.7 Å². The number of aromatic nitrogens is 2. The Morgan fingerprint density at radius 1 is 1.43 bits per heavy atom. The largest absolute Gasteiger partial charge is 0.328 e. The summed E-state index contributed by atoms with van der Waals surface area (Å²) in [6, 6.07) is 0.283. The molecular weight excluding hydrogens is 174 g/mol. The molecule has 3 nitrogen and oxygen atoms in total. The Kier molecular flexibility index (Phi) is 2.87. The van der Waals surface area contributed by atoms with Crippen molar-refractivity contribution in [1.82, 2.24) is 10.2 Å². The molecule has 0 aliphatic heterocycles. The molecule has 14 heavy (non-hydrogen) atoms. The number of hydrogen-bond acceptors (Lipinski definition) is 2. The molecule has 0 amide bonds. The Morgan fingerprint density at radius 3 is 3.00 bits per heavy atom. The lowest BCUT2D eigenvalue weighted by Gasteiger charge is -2.11. The van der Waals surface area contributed by atoms with Crippen LogP contribution >= 0.6 is 0 Å². The monoisotopic (exact) mass is 193 g/mol. The summed E-state index contributed by atoms with van der Waals surface area (Å²) in [5.74, 6) is 0. The van der Waals surface area contributed by atoms with Gasteiger partial charge in [-0.3, -0.25) is 5.10 Å². The van der Waals surface area contributed by atoms with Gasteiger partial charge in [-0.1, -0.05) is 0 Å². The number of aryl methyl sites for hydroxylation is 2. The lowest BCUT2D eigenvalue weighted by molar-refractivity contribution is 0.645. The van der Waals surface area contributed by atoms with Gasteiger partial charge in [-0.05, 0) is 51.0 Å². The van der Waals surface area contributed by atoms with Crippen LogP contribution in [0.25, 0.3) is 0 Å². The molecule has 1 heterocycles. The van der Waals surface area contributed by atoms with Crippen LogP contribution < -0.4 is 5.73 Å². The van der Waals surface area contributed by atoms with E-state index >= 15 is 0 Å². The lowest BCUT2D eigenvalue weighted by atomic mass is 9.94. The summed E-state index contributed by atoms with van der Waals surface area (Å²) in [5.41, 5.74) is 9.86. The molecule has 0 unspecified atom stereocenters. The second kappa shape index (κ2) is 4.13. The molecule has 78 valence electrons. The summed E-state index contributed by atoms with van der Waals surface area (Å²) in [4.78, 5) is 0. The van der Waals surface area contributed by atoms with Gasteiger partial charge in [-0.25, -0.2) is 0 Å². The van der Waals surface area contributed by atoms with Gasteiger partial charge < -0.3 is 5.73 Å². The van der Waals surface area contributed by atoms with Gasteiger partial charge >= 0.3 is 0 Å². The van der Waals surface area contributed by atoms with E-state index in [0.717, 1.165) is 12.8 Å². The first-order valence-electron chi connectivity index (χ1n) is 5.58. The molecule has 2 rings (SSSR count). The molecule has 3 N–H and O–H groups in total. The highest BCUT2D eigenvalue weighted by Gasteiger charge is 2.16. The first-order valence-corrected chi connectivity index (χ1v) is 5.58. The number of nitrogens with two attached hydrogens (primary N) is 1. The van der Waals surface area contributed by atoms with Gasteiger partial charge in [0.05, 0.1) is 5.69 Å². The number of H-pyrrole nitrogens is 1. The minimum atomic E-state index is 0.283. The van der Waals surface area contributed by atoms with E-state index < -0.39 is 0 Å². The van der Waals surface area contributed by atoms with E-state index in [1.54, 1.807) is 0 Å². The molecule has 0 fully saturated rings. The molecule has 0 bridgehead atoms. The predicted octanol–water partition coefficient (Wildman–Crippen LogP) is 1.57. The summed E-state index contributed by atoms with van der Waals surface area (Å²) < 4.78 is 0. The summed E-state index contributed by atoms with van der Waals surface area (Å²) in [7, 11) is 0. The van der Waals surface area contributed by atoms with Crippen LogP contribution in [0, 0.1) is 0 Å². The van der Waals surface area contributed by atoms with Gasteiger partial charge in [0, 0.05) is 11.7 Å². The quantitative estimate of drug-likeness (QED) is 0.765.